The minimum Gasteiger partial charge on any atom is -0.478 e. The van der Waals surface area contributed by atoms with Gasteiger partial charge in [-0.1, -0.05) is 61.8 Å². The summed E-state index contributed by atoms with van der Waals surface area (Å²) in [6, 6.07) is 15.3. The van der Waals surface area contributed by atoms with Crippen LogP contribution in [0.2, 0.25) is 5.15 Å². The summed E-state index contributed by atoms with van der Waals surface area (Å²) in [5, 5.41) is 10.1. The van der Waals surface area contributed by atoms with Crippen LogP contribution in [0.4, 0.5) is 0 Å². The Bertz CT molecular complexity index is 1170. The van der Waals surface area contributed by atoms with Crippen LogP contribution in [0.5, 0.6) is 0 Å². The van der Waals surface area contributed by atoms with Crippen LogP contribution in [0.3, 0.4) is 0 Å². The van der Waals surface area contributed by atoms with Crippen molar-refractivity contribution in [1.29, 1.82) is 0 Å². The van der Waals surface area contributed by atoms with Crippen LogP contribution in [0.1, 0.15) is 42.7 Å². The van der Waals surface area contributed by atoms with Crippen molar-refractivity contribution >= 4 is 39.5 Å². The van der Waals surface area contributed by atoms with Crippen molar-refractivity contribution in [2.75, 3.05) is 0 Å². The van der Waals surface area contributed by atoms with Crippen LogP contribution in [-0.2, 0) is 0 Å². The van der Waals surface area contributed by atoms with E-state index in [0.717, 1.165) is 27.5 Å². The highest BCUT2D eigenvalue weighted by atomic mass is 35.5. The lowest BCUT2D eigenvalue weighted by atomic mass is 10.1. The lowest BCUT2D eigenvalue weighted by molar-refractivity contribution is 0.0696. The van der Waals surface area contributed by atoms with E-state index in [1.807, 2.05) is 30.6 Å². The smallest absolute Gasteiger partial charge is 0.335 e. The number of hydrogen-bond donors (Lipinski definition) is 1. The second-order valence-corrected chi connectivity index (χ2v) is 7.73. The maximum absolute atomic E-state index is 10.4. The fourth-order valence-corrected chi connectivity index (χ4v) is 3.38. The SMILES string of the molecule is CC(C)C(C)n1cnc2c(Cl)nc3ccccc3c21.Cc1ccccc1C(=O)O. The minimum absolute atomic E-state index is 0.367. The number of rotatable bonds is 3. The monoisotopic (exact) mass is 409 g/mol. The number of carboxylic acids is 1. The average Bonchev–Trinajstić information content (AvgIpc) is 3.14. The summed E-state index contributed by atoms with van der Waals surface area (Å²) in [6.07, 6.45) is 1.87. The number of fused-ring (bicyclic) bond motifs is 3. The van der Waals surface area contributed by atoms with Crippen molar-refractivity contribution in [3.8, 4) is 0 Å². The zero-order valence-electron chi connectivity index (χ0n) is 16.9. The number of benzene rings is 2. The molecule has 2 heterocycles. The number of aromatic carboxylic acids is 1. The van der Waals surface area contributed by atoms with E-state index >= 15 is 0 Å². The highest BCUT2D eigenvalue weighted by Gasteiger charge is 2.17. The standard InChI is InChI=1S/C15H16ClN3.C8H8O2/c1-9(2)10(3)19-8-17-13-14(19)11-6-4-5-7-12(11)18-15(13)16;1-6-4-2-3-5-7(6)8(9)10/h4-10H,1-3H3;2-5H,1H3,(H,9,10). The van der Waals surface area contributed by atoms with E-state index in [1.54, 1.807) is 25.1 Å². The van der Waals surface area contributed by atoms with Crippen LogP contribution in [0, 0.1) is 12.8 Å². The second-order valence-electron chi connectivity index (χ2n) is 7.37. The average molecular weight is 410 g/mol. The van der Waals surface area contributed by atoms with Gasteiger partial charge in [-0.3, -0.25) is 0 Å². The molecule has 0 aliphatic heterocycles. The zero-order chi connectivity index (χ0) is 21.1. The molecule has 4 rings (SSSR count). The summed E-state index contributed by atoms with van der Waals surface area (Å²) in [5.41, 5.74) is 3.96. The molecule has 150 valence electrons. The Morgan fingerprint density at radius 1 is 1.07 bits per heavy atom. The van der Waals surface area contributed by atoms with Gasteiger partial charge in [-0.25, -0.2) is 14.8 Å². The van der Waals surface area contributed by atoms with Crippen molar-refractivity contribution in [3.63, 3.8) is 0 Å². The van der Waals surface area contributed by atoms with Crippen LogP contribution in [0.25, 0.3) is 21.9 Å². The normalized spacial score (nSPS) is 12.1. The number of carbonyl (C=O) groups is 1. The molecule has 0 aliphatic rings. The zero-order valence-corrected chi connectivity index (χ0v) is 17.7. The third-order valence-electron chi connectivity index (χ3n) is 5.15. The van der Waals surface area contributed by atoms with E-state index in [-0.39, 0.29) is 0 Å². The van der Waals surface area contributed by atoms with Crippen molar-refractivity contribution in [3.05, 3.63) is 71.1 Å². The first kappa shape index (κ1) is 20.8. The van der Waals surface area contributed by atoms with Gasteiger partial charge < -0.3 is 9.67 Å². The Hall–Kier alpha value is -2.92. The van der Waals surface area contributed by atoms with E-state index in [0.29, 0.717) is 22.7 Å². The maximum atomic E-state index is 10.4. The highest BCUT2D eigenvalue weighted by molar-refractivity contribution is 6.35. The van der Waals surface area contributed by atoms with Crippen LogP contribution in [-0.4, -0.2) is 25.6 Å². The van der Waals surface area contributed by atoms with Crippen LogP contribution in [0.15, 0.2) is 54.9 Å². The van der Waals surface area contributed by atoms with Gasteiger partial charge in [-0.15, -0.1) is 0 Å². The van der Waals surface area contributed by atoms with Crippen molar-refractivity contribution in [2.24, 2.45) is 5.92 Å². The Morgan fingerprint density at radius 3 is 2.34 bits per heavy atom. The molecule has 1 atom stereocenters. The number of aromatic nitrogens is 3. The summed E-state index contributed by atoms with van der Waals surface area (Å²) < 4.78 is 2.20. The second kappa shape index (κ2) is 8.62. The first-order valence-electron chi connectivity index (χ1n) is 9.51. The lowest BCUT2D eigenvalue weighted by Gasteiger charge is -2.18. The van der Waals surface area contributed by atoms with E-state index < -0.39 is 5.97 Å². The van der Waals surface area contributed by atoms with Gasteiger partial charge in [0.2, 0.25) is 0 Å². The molecule has 1 unspecified atom stereocenters. The maximum Gasteiger partial charge on any atom is 0.335 e. The molecule has 1 N–H and O–H groups in total. The van der Waals surface area contributed by atoms with Gasteiger partial charge in [0.15, 0.2) is 5.15 Å². The topological polar surface area (TPSA) is 68.0 Å². The fraction of sp³-hybridized carbons (Fsp3) is 0.261. The van der Waals surface area contributed by atoms with Gasteiger partial charge >= 0.3 is 5.97 Å². The third-order valence-corrected chi connectivity index (χ3v) is 5.41. The quantitative estimate of drug-likeness (QED) is 0.412. The number of hydrogen-bond acceptors (Lipinski definition) is 3. The first-order valence-corrected chi connectivity index (χ1v) is 9.88. The molecule has 2 aromatic heterocycles. The molecular formula is C23H24ClN3O2. The third kappa shape index (κ3) is 4.25. The number of halogens is 1. The van der Waals surface area contributed by atoms with Crippen LogP contribution >= 0.6 is 11.6 Å². The molecule has 0 bridgehead atoms. The van der Waals surface area contributed by atoms with Crippen LogP contribution < -0.4 is 0 Å². The van der Waals surface area contributed by atoms with Crippen molar-refractivity contribution in [1.82, 2.24) is 14.5 Å². The number of nitrogens with zero attached hydrogens (tertiary/aromatic N) is 3. The summed E-state index contributed by atoms with van der Waals surface area (Å²) in [6.45, 7) is 8.40. The number of imidazole rings is 1. The Labute approximate surface area is 175 Å². The number of aryl methyl sites for hydroxylation is 1. The summed E-state index contributed by atoms with van der Waals surface area (Å²) >= 11 is 6.25. The molecular weight excluding hydrogens is 386 g/mol. The molecule has 0 aliphatic carbocycles. The van der Waals surface area contributed by atoms with Gasteiger partial charge in [0.1, 0.15) is 5.52 Å². The number of carboxylic acid groups (broad SMARTS) is 1. The Kier molecular flexibility index (Phi) is 6.18. The molecule has 2 aromatic carbocycles. The van der Waals surface area contributed by atoms with Gasteiger partial charge in [0.05, 0.1) is 22.9 Å². The molecule has 6 heteroatoms. The van der Waals surface area contributed by atoms with Gasteiger partial charge in [-0.05, 0) is 37.5 Å². The Balaban J connectivity index is 0.000000204. The fourth-order valence-electron chi connectivity index (χ4n) is 3.15. The summed E-state index contributed by atoms with van der Waals surface area (Å²) in [4.78, 5) is 19.3. The van der Waals surface area contributed by atoms with Crippen molar-refractivity contribution < 1.29 is 9.90 Å². The van der Waals surface area contributed by atoms with Crippen molar-refractivity contribution in [2.45, 2.75) is 33.7 Å². The molecule has 0 saturated carbocycles. The Morgan fingerprint density at radius 2 is 1.72 bits per heavy atom. The molecule has 0 radical (unpaired) electrons. The molecule has 0 fully saturated rings. The molecule has 5 nitrogen and oxygen atoms in total. The number of para-hydroxylation sites is 1. The minimum atomic E-state index is -0.863. The molecule has 0 spiro atoms. The van der Waals surface area contributed by atoms with Gasteiger partial charge in [-0.2, -0.15) is 0 Å². The van der Waals surface area contributed by atoms with E-state index in [2.05, 4.69) is 41.4 Å². The molecule has 4 aromatic rings. The van der Waals surface area contributed by atoms with E-state index in [9.17, 15) is 4.79 Å². The lowest BCUT2D eigenvalue weighted by Crippen LogP contribution is -2.10. The van der Waals surface area contributed by atoms with E-state index in [1.165, 1.54) is 0 Å². The van der Waals surface area contributed by atoms with Gasteiger partial charge in [0.25, 0.3) is 0 Å². The summed E-state index contributed by atoms with van der Waals surface area (Å²) in [5.74, 6) is -0.332. The molecule has 0 saturated heterocycles. The predicted molar refractivity (Wildman–Crippen MR) is 118 cm³/mol. The first-order chi connectivity index (χ1) is 13.8. The highest BCUT2D eigenvalue weighted by Crippen LogP contribution is 2.31. The predicted octanol–water partition coefficient (Wildman–Crippen LogP) is 6.15. The number of pyridine rings is 1. The van der Waals surface area contributed by atoms with Gasteiger partial charge in [0, 0.05) is 11.4 Å². The molecule has 0 amide bonds. The van der Waals surface area contributed by atoms with E-state index in [4.69, 9.17) is 16.7 Å². The molecule has 29 heavy (non-hydrogen) atoms. The largest absolute Gasteiger partial charge is 0.478 e. The summed E-state index contributed by atoms with van der Waals surface area (Å²) in [7, 11) is 0.